The molecule has 31 heavy (non-hydrogen) atoms. The van der Waals surface area contributed by atoms with Crippen molar-refractivity contribution in [2.45, 2.75) is 31.8 Å². The van der Waals surface area contributed by atoms with Gasteiger partial charge in [-0.05, 0) is 23.1 Å². The van der Waals surface area contributed by atoms with E-state index < -0.39 is 5.60 Å². The van der Waals surface area contributed by atoms with E-state index in [4.69, 9.17) is 14.2 Å². The summed E-state index contributed by atoms with van der Waals surface area (Å²) in [5.74, 6) is 0. The molecule has 0 unspecified atom stereocenters. The van der Waals surface area contributed by atoms with Gasteiger partial charge in [0.25, 0.3) is 0 Å². The smallest absolute Gasteiger partial charge is 0.143 e. The molecule has 0 spiro atoms. The molecule has 0 aromatic heterocycles. The number of rotatable bonds is 14. The molecule has 3 nitrogen and oxygen atoms in total. The number of hydrogen-bond donors (Lipinski definition) is 0. The fourth-order valence-electron chi connectivity index (χ4n) is 3.80. The summed E-state index contributed by atoms with van der Waals surface area (Å²) in [7, 11) is 0. The van der Waals surface area contributed by atoms with Crippen molar-refractivity contribution >= 4 is 0 Å². The highest BCUT2D eigenvalue weighted by Crippen LogP contribution is 2.40. The summed E-state index contributed by atoms with van der Waals surface area (Å²) in [5, 5.41) is 0. The minimum atomic E-state index is -0.691. The monoisotopic (exact) mass is 418 g/mol. The molecule has 0 amide bonds. The second-order valence-electron chi connectivity index (χ2n) is 7.56. The maximum Gasteiger partial charge on any atom is 0.143 e. The lowest BCUT2D eigenvalue weighted by atomic mass is 9.80. The molecule has 0 fully saturated rings. The highest BCUT2D eigenvalue weighted by atomic mass is 16.5. The lowest BCUT2D eigenvalue weighted by Crippen LogP contribution is -2.34. The number of unbranched alkanes of at least 4 members (excludes halogenated alkanes) is 2. The molecular weight excluding hydrogens is 384 g/mol. The maximum absolute atomic E-state index is 6.68. The molecule has 0 atom stereocenters. The second-order valence-corrected chi connectivity index (χ2v) is 7.56. The second kappa shape index (κ2) is 13.1. The van der Waals surface area contributed by atoms with E-state index in [0.717, 1.165) is 29.7 Å². The molecule has 0 heterocycles. The molecule has 0 bridgehead atoms. The molecule has 3 aromatic rings. The van der Waals surface area contributed by atoms with Crippen LogP contribution in [0.2, 0.25) is 0 Å². The molecule has 0 saturated heterocycles. The van der Waals surface area contributed by atoms with Crippen LogP contribution in [0.15, 0.2) is 91.0 Å². The molecule has 3 rings (SSSR count). The van der Waals surface area contributed by atoms with Gasteiger partial charge in [-0.1, -0.05) is 111 Å². The minimum Gasteiger partial charge on any atom is -0.379 e. The number of ether oxygens (including phenoxy) is 3. The SMILES string of the molecule is CCCCCOCCOCCOC(c1ccccc1)(c1ccccc1)c1ccccc1. The molecule has 0 N–H and O–H groups in total. The van der Waals surface area contributed by atoms with Gasteiger partial charge in [-0.3, -0.25) is 0 Å². The van der Waals surface area contributed by atoms with Gasteiger partial charge in [0, 0.05) is 6.61 Å². The predicted molar refractivity (Wildman–Crippen MR) is 126 cm³/mol. The van der Waals surface area contributed by atoms with Gasteiger partial charge in [-0.25, -0.2) is 0 Å². The Kier molecular flexibility index (Phi) is 9.78. The van der Waals surface area contributed by atoms with Crippen molar-refractivity contribution in [1.82, 2.24) is 0 Å². The zero-order valence-electron chi connectivity index (χ0n) is 18.5. The summed E-state index contributed by atoms with van der Waals surface area (Å²) in [6.07, 6.45) is 3.55. The highest BCUT2D eigenvalue weighted by Gasteiger charge is 2.37. The van der Waals surface area contributed by atoms with Crippen LogP contribution in [0.25, 0.3) is 0 Å². The molecule has 0 aliphatic rings. The average molecular weight is 419 g/mol. The van der Waals surface area contributed by atoms with E-state index in [9.17, 15) is 0 Å². The van der Waals surface area contributed by atoms with Crippen molar-refractivity contribution in [3.8, 4) is 0 Å². The van der Waals surface area contributed by atoms with E-state index >= 15 is 0 Å². The van der Waals surface area contributed by atoms with Crippen LogP contribution < -0.4 is 0 Å². The van der Waals surface area contributed by atoms with Crippen LogP contribution in [0.4, 0.5) is 0 Å². The first kappa shape index (κ1) is 23.2. The van der Waals surface area contributed by atoms with Crippen LogP contribution in [0, 0.1) is 0 Å². The van der Waals surface area contributed by atoms with Gasteiger partial charge < -0.3 is 14.2 Å². The van der Waals surface area contributed by atoms with Gasteiger partial charge in [0.15, 0.2) is 0 Å². The Morgan fingerprint density at radius 1 is 0.516 bits per heavy atom. The molecule has 3 heteroatoms. The van der Waals surface area contributed by atoms with Gasteiger partial charge in [0.05, 0.1) is 26.4 Å². The van der Waals surface area contributed by atoms with Crippen molar-refractivity contribution in [2.24, 2.45) is 0 Å². The van der Waals surface area contributed by atoms with Crippen molar-refractivity contribution in [3.63, 3.8) is 0 Å². The van der Waals surface area contributed by atoms with E-state index in [2.05, 4.69) is 79.7 Å². The Bertz CT molecular complexity index is 737. The summed E-state index contributed by atoms with van der Waals surface area (Å²) in [5.41, 5.74) is 2.62. The van der Waals surface area contributed by atoms with E-state index in [1.54, 1.807) is 0 Å². The molecular formula is C28H34O3. The minimum absolute atomic E-state index is 0.481. The van der Waals surface area contributed by atoms with Crippen LogP contribution in [0.5, 0.6) is 0 Å². The van der Waals surface area contributed by atoms with Crippen LogP contribution in [0.1, 0.15) is 42.9 Å². The Labute approximate surface area is 187 Å². The third kappa shape index (κ3) is 6.51. The standard InChI is InChI=1S/C28H34O3/c1-2-3-13-20-29-21-22-30-23-24-31-28(25-14-7-4-8-15-25,26-16-9-5-10-17-26)27-18-11-6-12-19-27/h4-12,14-19H,2-3,13,20-24H2,1H3. The van der Waals surface area contributed by atoms with E-state index in [1.165, 1.54) is 12.8 Å². The number of benzene rings is 3. The summed E-state index contributed by atoms with van der Waals surface area (Å²) >= 11 is 0. The molecule has 0 radical (unpaired) electrons. The van der Waals surface area contributed by atoms with Crippen molar-refractivity contribution in [1.29, 1.82) is 0 Å². The fourth-order valence-corrected chi connectivity index (χ4v) is 3.80. The Morgan fingerprint density at radius 3 is 1.39 bits per heavy atom. The molecule has 164 valence electrons. The Hall–Kier alpha value is -2.46. The van der Waals surface area contributed by atoms with Gasteiger partial charge in [0.2, 0.25) is 0 Å². The third-order valence-corrected chi connectivity index (χ3v) is 5.35. The molecule has 0 aliphatic heterocycles. The zero-order valence-corrected chi connectivity index (χ0v) is 18.5. The van der Waals surface area contributed by atoms with E-state index in [1.807, 2.05) is 18.2 Å². The van der Waals surface area contributed by atoms with Crippen LogP contribution in [0.3, 0.4) is 0 Å². The lowest BCUT2D eigenvalue weighted by Gasteiger charge is -2.36. The summed E-state index contributed by atoms with van der Waals surface area (Å²) in [6.45, 7) is 5.23. The topological polar surface area (TPSA) is 27.7 Å². The average Bonchev–Trinajstić information content (AvgIpc) is 2.84. The lowest BCUT2D eigenvalue weighted by molar-refractivity contribution is -0.0334. The summed E-state index contributed by atoms with van der Waals surface area (Å²) in [6, 6.07) is 31.3. The van der Waals surface area contributed by atoms with Crippen molar-refractivity contribution < 1.29 is 14.2 Å². The Morgan fingerprint density at radius 2 is 0.935 bits per heavy atom. The zero-order chi connectivity index (χ0) is 21.6. The third-order valence-electron chi connectivity index (χ3n) is 5.35. The molecule has 0 aliphatic carbocycles. The first-order valence-corrected chi connectivity index (χ1v) is 11.3. The van der Waals surface area contributed by atoms with E-state index in [-0.39, 0.29) is 0 Å². The largest absolute Gasteiger partial charge is 0.379 e. The Balaban J connectivity index is 1.70. The molecule has 0 saturated carbocycles. The maximum atomic E-state index is 6.68. The normalized spacial score (nSPS) is 11.5. The van der Waals surface area contributed by atoms with E-state index in [0.29, 0.717) is 26.4 Å². The highest BCUT2D eigenvalue weighted by molar-refractivity contribution is 5.47. The van der Waals surface area contributed by atoms with Gasteiger partial charge in [0.1, 0.15) is 5.60 Å². The van der Waals surface area contributed by atoms with Crippen LogP contribution in [-0.2, 0) is 19.8 Å². The first-order chi connectivity index (χ1) is 15.4. The van der Waals surface area contributed by atoms with Crippen LogP contribution in [-0.4, -0.2) is 33.0 Å². The summed E-state index contributed by atoms with van der Waals surface area (Å²) in [4.78, 5) is 0. The predicted octanol–water partition coefficient (Wildman–Crippen LogP) is 6.22. The van der Waals surface area contributed by atoms with Gasteiger partial charge >= 0.3 is 0 Å². The van der Waals surface area contributed by atoms with Crippen LogP contribution >= 0.6 is 0 Å². The quantitative estimate of drug-likeness (QED) is 0.230. The first-order valence-electron chi connectivity index (χ1n) is 11.3. The van der Waals surface area contributed by atoms with Gasteiger partial charge in [-0.15, -0.1) is 0 Å². The molecule has 3 aromatic carbocycles. The fraction of sp³-hybridized carbons (Fsp3) is 0.357. The van der Waals surface area contributed by atoms with Crippen molar-refractivity contribution in [2.75, 3.05) is 33.0 Å². The number of hydrogen-bond acceptors (Lipinski definition) is 3. The summed E-state index contributed by atoms with van der Waals surface area (Å²) < 4.78 is 18.1. The van der Waals surface area contributed by atoms with Crippen molar-refractivity contribution in [3.05, 3.63) is 108 Å². The van der Waals surface area contributed by atoms with Gasteiger partial charge in [-0.2, -0.15) is 0 Å².